The molecule has 0 fully saturated rings. The topological polar surface area (TPSA) is 64.0 Å². The first-order valence-corrected chi connectivity index (χ1v) is 8.78. The van der Waals surface area contributed by atoms with E-state index in [9.17, 15) is 9.59 Å². The van der Waals surface area contributed by atoms with Gasteiger partial charge >= 0.3 is 0 Å². The van der Waals surface area contributed by atoms with Gasteiger partial charge in [-0.05, 0) is 42.2 Å². The second-order valence-corrected chi connectivity index (χ2v) is 7.02. The summed E-state index contributed by atoms with van der Waals surface area (Å²) in [4.78, 5) is 29.4. The van der Waals surface area contributed by atoms with Crippen LogP contribution in [0.3, 0.4) is 0 Å². The lowest BCUT2D eigenvalue weighted by molar-refractivity contribution is -0.116. The average molecular weight is 370 g/mol. The van der Waals surface area contributed by atoms with Gasteiger partial charge in [-0.3, -0.25) is 14.2 Å². The Labute approximate surface area is 156 Å². The van der Waals surface area contributed by atoms with Crippen LogP contribution in [0.4, 0.5) is 5.69 Å². The van der Waals surface area contributed by atoms with E-state index in [-0.39, 0.29) is 23.9 Å². The number of benzene rings is 2. The van der Waals surface area contributed by atoms with Crippen LogP contribution in [0.5, 0.6) is 0 Å². The number of aryl methyl sites for hydroxylation is 1. The van der Waals surface area contributed by atoms with Crippen LogP contribution in [-0.4, -0.2) is 15.5 Å². The lowest BCUT2D eigenvalue weighted by atomic mass is 9.98. The van der Waals surface area contributed by atoms with Crippen LogP contribution in [-0.2, 0) is 11.3 Å². The van der Waals surface area contributed by atoms with E-state index in [0.29, 0.717) is 15.9 Å². The van der Waals surface area contributed by atoms with Gasteiger partial charge < -0.3 is 5.32 Å². The number of fused-ring (bicyclic) bond motifs is 1. The molecule has 0 aliphatic rings. The molecule has 0 radical (unpaired) electrons. The Hall–Kier alpha value is -2.66. The number of nitrogens with zero attached hydrogens (tertiary/aromatic N) is 2. The largest absolute Gasteiger partial charge is 0.324 e. The Morgan fingerprint density at radius 3 is 2.77 bits per heavy atom. The van der Waals surface area contributed by atoms with Gasteiger partial charge in [0.15, 0.2) is 0 Å². The molecule has 0 spiro atoms. The molecule has 2 aromatic carbocycles. The summed E-state index contributed by atoms with van der Waals surface area (Å²) in [6.45, 7) is 5.99. The molecule has 3 rings (SSSR count). The maximum Gasteiger partial charge on any atom is 0.261 e. The van der Waals surface area contributed by atoms with E-state index in [0.717, 1.165) is 16.8 Å². The Balaban J connectivity index is 1.89. The lowest BCUT2D eigenvalue weighted by Crippen LogP contribution is -2.28. The smallest absolute Gasteiger partial charge is 0.261 e. The predicted octanol–water partition coefficient (Wildman–Crippen LogP) is 4.12. The highest BCUT2D eigenvalue weighted by atomic mass is 35.5. The maximum atomic E-state index is 12.6. The molecular formula is C20H20ClN3O2. The number of carbonyl (C=O) groups excluding carboxylic acids is 1. The molecule has 26 heavy (non-hydrogen) atoms. The number of halogens is 1. The predicted molar refractivity (Wildman–Crippen MR) is 105 cm³/mol. The van der Waals surface area contributed by atoms with E-state index in [1.54, 1.807) is 18.2 Å². The van der Waals surface area contributed by atoms with Crippen molar-refractivity contribution in [1.29, 1.82) is 0 Å². The number of rotatable bonds is 4. The van der Waals surface area contributed by atoms with E-state index >= 15 is 0 Å². The van der Waals surface area contributed by atoms with Gasteiger partial charge in [-0.15, -0.1) is 0 Å². The van der Waals surface area contributed by atoms with Gasteiger partial charge in [0.1, 0.15) is 6.54 Å². The van der Waals surface area contributed by atoms with Crippen molar-refractivity contribution in [3.05, 3.63) is 69.2 Å². The van der Waals surface area contributed by atoms with Crippen molar-refractivity contribution >= 4 is 34.1 Å². The summed E-state index contributed by atoms with van der Waals surface area (Å²) in [5.41, 5.74) is 3.12. The highest BCUT2D eigenvalue weighted by molar-refractivity contribution is 6.31. The Bertz CT molecular complexity index is 1040. The number of hydrogen-bond donors (Lipinski definition) is 1. The number of amides is 1. The molecule has 5 nitrogen and oxygen atoms in total. The third-order valence-corrected chi connectivity index (χ3v) is 4.53. The van der Waals surface area contributed by atoms with Gasteiger partial charge in [0.2, 0.25) is 5.91 Å². The van der Waals surface area contributed by atoms with Gasteiger partial charge in [-0.25, -0.2) is 4.98 Å². The number of hydrogen-bond acceptors (Lipinski definition) is 3. The zero-order valence-corrected chi connectivity index (χ0v) is 15.7. The van der Waals surface area contributed by atoms with Crippen LogP contribution >= 0.6 is 11.6 Å². The second kappa shape index (κ2) is 7.30. The van der Waals surface area contributed by atoms with Crippen molar-refractivity contribution in [1.82, 2.24) is 9.55 Å². The maximum absolute atomic E-state index is 12.6. The van der Waals surface area contributed by atoms with E-state index < -0.39 is 0 Å². The molecule has 6 heteroatoms. The molecule has 134 valence electrons. The fourth-order valence-corrected chi connectivity index (χ4v) is 3.09. The SMILES string of the molecule is Cc1cccc(C(C)C)c1NC(=O)Cn1cnc2ccc(Cl)cc2c1=O. The van der Waals surface area contributed by atoms with Crippen LogP contribution in [0.2, 0.25) is 5.02 Å². The summed E-state index contributed by atoms with van der Waals surface area (Å²) in [5.74, 6) is 0.00359. The van der Waals surface area contributed by atoms with E-state index in [2.05, 4.69) is 24.1 Å². The monoisotopic (exact) mass is 369 g/mol. The Morgan fingerprint density at radius 1 is 1.27 bits per heavy atom. The van der Waals surface area contributed by atoms with Crippen molar-refractivity contribution in [2.75, 3.05) is 5.32 Å². The summed E-state index contributed by atoms with van der Waals surface area (Å²) in [6, 6.07) is 10.9. The first kappa shape index (κ1) is 18.1. The molecule has 3 aromatic rings. The van der Waals surface area contributed by atoms with Crippen molar-refractivity contribution < 1.29 is 4.79 Å². The molecule has 1 N–H and O–H groups in total. The molecule has 0 unspecified atom stereocenters. The van der Waals surface area contributed by atoms with Gasteiger partial charge in [0, 0.05) is 10.7 Å². The molecule has 1 heterocycles. The summed E-state index contributed by atoms with van der Waals surface area (Å²) < 4.78 is 1.29. The van der Waals surface area contributed by atoms with Crippen molar-refractivity contribution in [3.63, 3.8) is 0 Å². The molecule has 0 saturated carbocycles. The zero-order chi connectivity index (χ0) is 18.8. The highest BCUT2D eigenvalue weighted by Crippen LogP contribution is 2.27. The van der Waals surface area contributed by atoms with Crippen LogP contribution in [0.15, 0.2) is 47.5 Å². The quantitative estimate of drug-likeness (QED) is 0.752. The van der Waals surface area contributed by atoms with Crippen molar-refractivity contribution in [2.45, 2.75) is 33.2 Å². The van der Waals surface area contributed by atoms with Crippen LogP contribution in [0.25, 0.3) is 10.9 Å². The number of anilines is 1. The summed E-state index contributed by atoms with van der Waals surface area (Å²) >= 11 is 5.97. The number of nitrogens with one attached hydrogen (secondary N) is 1. The number of carbonyl (C=O) groups is 1. The van der Waals surface area contributed by atoms with Crippen LogP contribution in [0, 0.1) is 6.92 Å². The Morgan fingerprint density at radius 2 is 2.04 bits per heavy atom. The van der Waals surface area contributed by atoms with E-state index in [4.69, 9.17) is 11.6 Å². The van der Waals surface area contributed by atoms with Gasteiger partial charge in [0.05, 0.1) is 17.2 Å². The lowest BCUT2D eigenvalue weighted by Gasteiger charge is -2.16. The minimum absolute atomic E-state index is 0.111. The summed E-state index contributed by atoms with van der Waals surface area (Å²) in [5, 5.41) is 3.80. The van der Waals surface area contributed by atoms with E-state index in [1.807, 2.05) is 25.1 Å². The highest BCUT2D eigenvalue weighted by Gasteiger charge is 2.13. The van der Waals surface area contributed by atoms with Crippen LogP contribution in [0.1, 0.15) is 30.9 Å². The summed E-state index contributed by atoms with van der Waals surface area (Å²) in [7, 11) is 0. The molecule has 0 aliphatic carbocycles. The van der Waals surface area contributed by atoms with Gasteiger partial charge in [-0.1, -0.05) is 43.6 Å². The molecular weight excluding hydrogens is 350 g/mol. The second-order valence-electron chi connectivity index (χ2n) is 6.58. The molecule has 1 amide bonds. The van der Waals surface area contributed by atoms with Crippen molar-refractivity contribution in [3.8, 4) is 0 Å². The Kier molecular flexibility index (Phi) is 5.09. The third-order valence-electron chi connectivity index (χ3n) is 4.29. The fraction of sp³-hybridized carbons (Fsp3) is 0.250. The number of para-hydroxylation sites is 1. The normalized spacial score (nSPS) is 11.1. The minimum atomic E-state index is -0.290. The van der Waals surface area contributed by atoms with Crippen molar-refractivity contribution in [2.24, 2.45) is 0 Å². The zero-order valence-electron chi connectivity index (χ0n) is 14.9. The number of aromatic nitrogens is 2. The van der Waals surface area contributed by atoms with E-state index in [1.165, 1.54) is 10.9 Å². The first-order chi connectivity index (χ1) is 12.4. The fourth-order valence-electron chi connectivity index (χ4n) is 2.92. The molecule has 1 aromatic heterocycles. The molecule has 0 aliphatic heterocycles. The molecule has 0 atom stereocenters. The van der Waals surface area contributed by atoms with Gasteiger partial charge in [-0.2, -0.15) is 0 Å². The van der Waals surface area contributed by atoms with Crippen LogP contribution < -0.4 is 10.9 Å². The molecule has 0 saturated heterocycles. The average Bonchev–Trinajstić information content (AvgIpc) is 2.59. The molecule has 0 bridgehead atoms. The summed E-state index contributed by atoms with van der Waals surface area (Å²) in [6.07, 6.45) is 1.39. The third kappa shape index (κ3) is 3.63. The standard InChI is InChI=1S/C20H20ClN3O2/c1-12(2)15-6-4-5-13(3)19(15)23-18(25)10-24-11-22-17-8-7-14(21)9-16(17)20(24)26/h4-9,11-12H,10H2,1-3H3,(H,23,25). The first-order valence-electron chi connectivity index (χ1n) is 8.41. The van der Waals surface area contributed by atoms with Gasteiger partial charge in [0.25, 0.3) is 5.56 Å². The minimum Gasteiger partial charge on any atom is -0.324 e.